The smallest absolute Gasteiger partial charge is 0.276 e. The van der Waals surface area contributed by atoms with Crippen LogP contribution in [0.4, 0.5) is 0 Å². The number of aromatic nitrogens is 2. The Kier molecular flexibility index (Phi) is 5.78. The highest BCUT2D eigenvalue weighted by molar-refractivity contribution is 5.84. The molecule has 0 saturated heterocycles. The third-order valence-corrected chi connectivity index (χ3v) is 4.22. The molecule has 0 bridgehead atoms. The first-order chi connectivity index (χ1) is 13.5. The van der Waals surface area contributed by atoms with E-state index in [1.807, 2.05) is 54.9 Å². The third kappa shape index (κ3) is 4.40. The van der Waals surface area contributed by atoms with Crippen molar-refractivity contribution in [3.05, 3.63) is 53.9 Å². The lowest BCUT2D eigenvalue weighted by molar-refractivity contribution is -0.129. The van der Waals surface area contributed by atoms with Crippen molar-refractivity contribution in [2.24, 2.45) is 7.05 Å². The molecule has 2 N–H and O–H groups in total. The van der Waals surface area contributed by atoms with Crippen molar-refractivity contribution in [1.29, 1.82) is 0 Å². The number of benzene rings is 2. The molecule has 0 fully saturated rings. The summed E-state index contributed by atoms with van der Waals surface area (Å²) in [5.74, 6) is 0.738. The summed E-state index contributed by atoms with van der Waals surface area (Å²) >= 11 is 0. The Labute approximate surface area is 162 Å². The fraction of sp³-hybridized carbons (Fsp3) is 0.250. The second kappa shape index (κ2) is 8.43. The maximum absolute atomic E-state index is 12.1. The number of nitrogens with zero attached hydrogens (tertiary/aromatic N) is 2. The van der Waals surface area contributed by atoms with Gasteiger partial charge in [-0.05, 0) is 36.8 Å². The van der Waals surface area contributed by atoms with Crippen LogP contribution in [-0.2, 0) is 23.1 Å². The highest BCUT2D eigenvalue weighted by atomic mass is 16.5. The van der Waals surface area contributed by atoms with Gasteiger partial charge in [0.05, 0.1) is 24.6 Å². The van der Waals surface area contributed by atoms with E-state index < -0.39 is 5.91 Å². The zero-order chi connectivity index (χ0) is 20.1. The average Bonchev–Trinajstić information content (AvgIpc) is 3.01. The SMILES string of the molecule is COc1cc(C)ccc1OCC(=O)NNC(=O)Cc1nc2ccccc2n1C. The molecule has 3 aromatic rings. The van der Waals surface area contributed by atoms with E-state index in [1.165, 1.54) is 7.11 Å². The van der Waals surface area contributed by atoms with Gasteiger partial charge in [-0.25, -0.2) is 4.98 Å². The second-order valence-electron chi connectivity index (χ2n) is 6.29. The number of hydrazine groups is 1. The van der Waals surface area contributed by atoms with E-state index in [0.29, 0.717) is 17.3 Å². The topological polar surface area (TPSA) is 94.5 Å². The molecule has 0 unspecified atom stereocenters. The molecule has 3 rings (SSSR count). The van der Waals surface area contributed by atoms with Gasteiger partial charge >= 0.3 is 0 Å². The van der Waals surface area contributed by atoms with Crippen LogP contribution in [0.15, 0.2) is 42.5 Å². The number of para-hydroxylation sites is 2. The van der Waals surface area contributed by atoms with Gasteiger partial charge in [0.1, 0.15) is 5.82 Å². The zero-order valence-electron chi connectivity index (χ0n) is 16.0. The first-order valence-corrected chi connectivity index (χ1v) is 8.73. The minimum absolute atomic E-state index is 0.0398. The Morgan fingerprint density at radius 3 is 2.57 bits per heavy atom. The number of aryl methyl sites for hydroxylation is 2. The van der Waals surface area contributed by atoms with Crippen LogP contribution in [0, 0.1) is 6.92 Å². The molecule has 0 saturated carbocycles. The summed E-state index contributed by atoms with van der Waals surface area (Å²) in [7, 11) is 3.38. The second-order valence-corrected chi connectivity index (χ2v) is 6.29. The summed E-state index contributed by atoms with van der Waals surface area (Å²) in [5, 5.41) is 0. The molecule has 0 aliphatic heterocycles. The van der Waals surface area contributed by atoms with E-state index in [2.05, 4.69) is 15.8 Å². The maximum Gasteiger partial charge on any atom is 0.276 e. The van der Waals surface area contributed by atoms with Crippen LogP contribution in [0.5, 0.6) is 11.5 Å². The van der Waals surface area contributed by atoms with Gasteiger partial charge in [0.25, 0.3) is 5.91 Å². The van der Waals surface area contributed by atoms with Crippen molar-refractivity contribution >= 4 is 22.8 Å². The quantitative estimate of drug-likeness (QED) is 0.633. The number of ether oxygens (including phenoxy) is 2. The molecule has 2 aromatic carbocycles. The lowest BCUT2D eigenvalue weighted by atomic mass is 10.2. The Morgan fingerprint density at radius 2 is 1.82 bits per heavy atom. The molecule has 1 heterocycles. The number of hydrogen-bond donors (Lipinski definition) is 2. The number of carbonyl (C=O) groups excluding carboxylic acids is 2. The van der Waals surface area contributed by atoms with Gasteiger partial charge in [-0.1, -0.05) is 18.2 Å². The van der Waals surface area contributed by atoms with Gasteiger partial charge in [-0.15, -0.1) is 0 Å². The number of methoxy groups -OCH3 is 1. The van der Waals surface area contributed by atoms with Gasteiger partial charge in [0.2, 0.25) is 5.91 Å². The van der Waals surface area contributed by atoms with Gasteiger partial charge in [0, 0.05) is 7.05 Å². The molecule has 0 radical (unpaired) electrons. The monoisotopic (exact) mass is 382 g/mol. The van der Waals surface area contributed by atoms with Crippen molar-refractivity contribution in [3.8, 4) is 11.5 Å². The molecule has 0 spiro atoms. The van der Waals surface area contributed by atoms with Crippen LogP contribution in [0.25, 0.3) is 11.0 Å². The van der Waals surface area contributed by atoms with E-state index in [-0.39, 0.29) is 18.9 Å². The number of amides is 2. The summed E-state index contributed by atoms with van der Waals surface area (Å²) in [4.78, 5) is 28.5. The molecule has 8 heteroatoms. The first kappa shape index (κ1) is 19.2. The summed E-state index contributed by atoms with van der Waals surface area (Å²) in [6.07, 6.45) is 0.0398. The minimum Gasteiger partial charge on any atom is -0.493 e. The number of hydrogen-bond acceptors (Lipinski definition) is 5. The Bertz CT molecular complexity index is 1010. The van der Waals surface area contributed by atoms with Gasteiger partial charge in [0.15, 0.2) is 18.1 Å². The number of fused-ring (bicyclic) bond motifs is 1. The maximum atomic E-state index is 12.1. The third-order valence-electron chi connectivity index (χ3n) is 4.22. The normalized spacial score (nSPS) is 10.5. The number of carbonyl (C=O) groups is 2. The van der Waals surface area contributed by atoms with Gasteiger partial charge in [-0.2, -0.15) is 0 Å². The largest absolute Gasteiger partial charge is 0.493 e. The van der Waals surface area contributed by atoms with E-state index >= 15 is 0 Å². The molecular formula is C20H22N4O4. The van der Waals surface area contributed by atoms with Crippen LogP contribution in [0.1, 0.15) is 11.4 Å². The zero-order valence-corrected chi connectivity index (χ0v) is 16.0. The fourth-order valence-electron chi connectivity index (χ4n) is 2.75. The average molecular weight is 382 g/mol. The molecule has 0 aliphatic carbocycles. The fourth-order valence-corrected chi connectivity index (χ4v) is 2.75. The molecule has 2 amide bonds. The molecule has 0 aliphatic rings. The Hall–Kier alpha value is -3.55. The number of nitrogens with one attached hydrogen (secondary N) is 2. The van der Waals surface area contributed by atoms with E-state index in [0.717, 1.165) is 16.6 Å². The van der Waals surface area contributed by atoms with Gasteiger partial charge < -0.3 is 14.0 Å². The van der Waals surface area contributed by atoms with E-state index in [4.69, 9.17) is 9.47 Å². The first-order valence-electron chi connectivity index (χ1n) is 8.73. The Balaban J connectivity index is 1.50. The van der Waals surface area contributed by atoms with Crippen LogP contribution in [0.2, 0.25) is 0 Å². The summed E-state index contributed by atoms with van der Waals surface area (Å²) < 4.78 is 12.5. The molecule has 1 aromatic heterocycles. The molecule has 28 heavy (non-hydrogen) atoms. The Morgan fingerprint density at radius 1 is 1.07 bits per heavy atom. The summed E-state index contributed by atoms with van der Waals surface area (Å²) in [6.45, 7) is 1.67. The highest BCUT2D eigenvalue weighted by Gasteiger charge is 2.13. The standard InChI is InChI=1S/C20H22N4O4/c1-13-8-9-16(17(10-13)27-3)28-12-20(26)23-22-19(25)11-18-21-14-6-4-5-7-15(14)24(18)2/h4-10H,11-12H2,1-3H3,(H,22,25)(H,23,26). The number of rotatable bonds is 6. The predicted molar refractivity (Wildman–Crippen MR) is 104 cm³/mol. The van der Waals surface area contributed by atoms with E-state index in [1.54, 1.807) is 6.07 Å². The molecule has 146 valence electrons. The van der Waals surface area contributed by atoms with E-state index in [9.17, 15) is 9.59 Å². The van der Waals surface area contributed by atoms with Crippen molar-refractivity contribution in [3.63, 3.8) is 0 Å². The highest BCUT2D eigenvalue weighted by Crippen LogP contribution is 2.27. The number of imidazole rings is 1. The summed E-state index contributed by atoms with van der Waals surface area (Å²) in [5.41, 5.74) is 7.48. The van der Waals surface area contributed by atoms with Crippen molar-refractivity contribution in [2.75, 3.05) is 13.7 Å². The van der Waals surface area contributed by atoms with Crippen molar-refractivity contribution < 1.29 is 19.1 Å². The predicted octanol–water partition coefficient (Wildman–Crippen LogP) is 1.66. The van der Waals surface area contributed by atoms with Crippen molar-refractivity contribution in [2.45, 2.75) is 13.3 Å². The minimum atomic E-state index is -0.485. The molecular weight excluding hydrogens is 360 g/mol. The molecule has 0 atom stereocenters. The van der Waals surface area contributed by atoms with Crippen LogP contribution in [-0.4, -0.2) is 35.1 Å². The van der Waals surface area contributed by atoms with Crippen LogP contribution >= 0.6 is 0 Å². The van der Waals surface area contributed by atoms with Crippen LogP contribution in [0.3, 0.4) is 0 Å². The van der Waals surface area contributed by atoms with Crippen molar-refractivity contribution in [1.82, 2.24) is 20.4 Å². The lowest BCUT2D eigenvalue weighted by Crippen LogP contribution is -2.44. The van der Waals surface area contributed by atoms with Gasteiger partial charge in [-0.3, -0.25) is 20.4 Å². The lowest BCUT2D eigenvalue weighted by Gasteiger charge is -2.12. The molecule has 8 nitrogen and oxygen atoms in total. The summed E-state index contributed by atoms with van der Waals surface area (Å²) in [6, 6.07) is 13.0. The van der Waals surface area contributed by atoms with Crippen LogP contribution < -0.4 is 20.3 Å².